The van der Waals surface area contributed by atoms with Crippen LogP contribution >= 0.6 is 0 Å². The number of hydrogen-bond acceptors (Lipinski definition) is 7. The summed E-state index contributed by atoms with van der Waals surface area (Å²) in [5.41, 5.74) is 11.9. The van der Waals surface area contributed by atoms with Crippen molar-refractivity contribution in [2.75, 3.05) is 5.32 Å². The van der Waals surface area contributed by atoms with Crippen molar-refractivity contribution in [3.05, 3.63) is 239 Å². The van der Waals surface area contributed by atoms with Gasteiger partial charge >= 0.3 is 0 Å². The van der Waals surface area contributed by atoms with Crippen molar-refractivity contribution in [2.45, 2.75) is 18.4 Å². The Kier molecular flexibility index (Phi) is 9.29. The highest BCUT2D eigenvalue weighted by Gasteiger charge is 2.23. The molecule has 0 radical (unpaired) electrons. The van der Waals surface area contributed by atoms with Crippen molar-refractivity contribution in [2.24, 2.45) is 20.0 Å². The van der Waals surface area contributed by atoms with Crippen LogP contribution in [0.3, 0.4) is 0 Å². The number of fused-ring (bicyclic) bond motifs is 1. The molecule has 2 unspecified atom stereocenters. The largest absolute Gasteiger partial charge is 0.374 e. The molecule has 7 heteroatoms. The maximum atomic E-state index is 5.04. The lowest BCUT2D eigenvalue weighted by molar-refractivity contribution is 0.755. The molecule has 0 saturated carbocycles. The predicted octanol–water partition coefficient (Wildman–Crippen LogP) is 10.5. The first kappa shape index (κ1) is 34.8. The van der Waals surface area contributed by atoms with Crippen molar-refractivity contribution in [3.63, 3.8) is 0 Å². The van der Waals surface area contributed by atoms with Crippen molar-refractivity contribution in [1.82, 2.24) is 10.6 Å². The number of hydrogen-bond donors (Lipinski definition) is 3. The zero-order chi connectivity index (χ0) is 38.7. The van der Waals surface area contributed by atoms with E-state index in [0.717, 1.165) is 79.1 Å². The third-order valence-electron chi connectivity index (χ3n) is 10.6. The minimum absolute atomic E-state index is 0.0408. The first-order chi connectivity index (χ1) is 28.7. The number of benzene rings is 7. The van der Waals surface area contributed by atoms with E-state index in [2.05, 4.69) is 143 Å². The zero-order valence-corrected chi connectivity index (χ0v) is 31.6. The molecule has 0 saturated heterocycles. The van der Waals surface area contributed by atoms with E-state index >= 15 is 0 Å². The summed E-state index contributed by atoms with van der Waals surface area (Å²) in [6.07, 6.45) is 3.76. The molecule has 3 aliphatic rings. The van der Waals surface area contributed by atoms with Crippen LogP contribution in [0.4, 0.5) is 5.69 Å². The highest BCUT2D eigenvalue weighted by atomic mass is 15.2. The van der Waals surface area contributed by atoms with Gasteiger partial charge in [-0.15, -0.1) is 0 Å². The zero-order valence-electron chi connectivity index (χ0n) is 31.6. The fraction of sp³-hybridized carbons (Fsp3) is 0.0588. The monoisotopic (exact) mass is 749 g/mol. The lowest BCUT2D eigenvalue weighted by Gasteiger charge is -2.24. The SMILES string of the molecule is C1=CC(c2ccc(C3=NC(c4ccccc4)N=C(c4ccccc4)N3)cc2)Nc2ccc(-c3ccc(C4N=C(c5ccccc5)NC(c5ccccc5)=N4)cc3)cc21. The third kappa shape index (κ3) is 7.24. The molecule has 7 aromatic carbocycles. The molecular formula is C51H39N7. The maximum Gasteiger partial charge on any atom is 0.169 e. The summed E-state index contributed by atoms with van der Waals surface area (Å²) in [5, 5.41) is 10.7. The minimum atomic E-state index is -0.360. The van der Waals surface area contributed by atoms with Gasteiger partial charge in [0.1, 0.15) is 23.3 Å². The first-order valence-electron chi connectivity index (χ1n) is 19.6. The summed E-state index contributed by atoms with van der Waals surface area (Å²) < 4.78 is 0. The fourth-order valence-electron chi connectivity index (χ4n) is 7.52. The van der Waals surface area contributed by atoms with Crippen LogP contribution in [0.1, 0.15) is 62.9 Å². The Bertz CT molecular complexity index is 2670. The molecule has 0 fully saturated rings. The van der Waals surface area contributed by atoms with Crippen molar-refractivity contribution in [1.29, 1.82) is 0 Å². The lowest BCUT2D eigenvalue weighted by Crippen LogP contribution is -2.36. The van der Waals surface area contributed by atoms with Gasteiger partial charge in [0.2, 0.25) is 0 Å². The van der Waals surface area contributed by atoms with Gasteiger partial charge in [-0.25, -0.2) is 20.0 Å². The van der Waals surface area contributed by atoms with Crippen molar-refractivity contribution < 1.29 is 0 Å². The normalized spacial score (nSPS) is 17.3. The van der Waals surface area contributed by atoms with Crippen LogP contribution in [0, 0.1) is 0 Å². The Balaban J connectivity index is 0.856. The second-order valence-corrected chi connectivity index (χ2v) is 14.4. The van der Waals surface area contributed by atoms with E-state index in [0.29, 0.717) is 0 Å². The van der Waals surface area contributed by atoms with E-state index in [9.17, 15) is 0 Å². The summed E-state index contributed by atoms with van der Waals surface area (Å²) >= 11 is 0. The molecule has 7 aromatic rings. The summed E-state index contributed by atoms with van der Waals surface area (Å²) in [7, 11) is 0. The molecule has 3 N–H and O–H groups in total. The minimum Gasteiger partial charge on any atom is -0.374 e. The van der Waals surface area contributed by atoms with Crippen LogP contribution in [0.5, 0.6) is 0 Å². The van der Waals surface area contributed by atoms with Crippen LogP contribution in [-0.2, 0) is 0 Å². The quantitative estimate of drug-likeness (QED) is 0.145. The summed E-state index contributed by atoms with van der Waals surface area (Å²) in [4.78, 5) is 20.1. The smallest absolute Gasteiger partial charge is 0.169 e. The van der Waals surface area contributed by atoms with E-state index in [-0.39, 0.29) is 18.4 Å². The fourth-order valence-corrected chi connectivity index (χ4v) is 7.52. The second-order valence-electron chi connectivity index (χ2n) is 14.4. The van der Waals surface area contributed by atoms with Gasteiger partial charge in [-0.3, -0.25) is 0 Å². The van der Waals surface area contributed by atoms with Crippen molar-refractivity contribution in [3.8, 4) is 11.1 Å². The maximum absolute atomic E-state index is 5.04. The van der Waals surface area contributed by atoms with Crippen LogP contribution in [0.25, 0.3) is 17.2 Å². The van der Waals surface area contributed by atoms with Crippen LogP contribution in [0.2, 0.25) is 0 Å². The summed E-state index contributed by atoms with van der Waals surface area (Å²) in [6.45, 7) is 0. The van der Waals surface area contributed by atoms with E-state index in [1.54, 1.807) is 0 Å². The Morgan fingerprint density at radius 3 is 1.24 bits per heavy atom. The molecule has 10 rings (SSSR count). The summed E-state index contributed by atoms with van der Waals surface area (Å²) in [6, 6.07) is 64.8. The topological polar surface area (TPSA) is 85.5 Å². The highest BCUT2D eigenvalue weighted by molar-refractivity contribution is 6.16. The Hall–Kier alpha value is -7.64. The molecule has 0 spiro atoms. The van der Waals surface area contributed by atoms with Gasteiger partial charge in [0, 0.05) is 27.9 Å². The molecule has 3 heterocycles. The molecule has 0 aliphatic carbocycles. The standard InChI is InChI=1S/C51H39N7/c1-5-13-36(14-6-1)46-53-47(37-15-7-2-8-16-37)56-50(55-46)40-25-21-34(22-26-40)42-29-31-45-43(33-42)30-32-44(52-45)35-23-27-41(28-24-35)51-57-48(38-17-9-3-10-18-38)54-49(58-51)39-19-11-4-12-20-39/h1-33,44,48,50,52H,(H,53,55,56)(H,54,57,58). The number of nitrogens with zero attached hydrogens (tertiary/aromatic N) is 4. The van der Waals surface area contributed by atoms with Crippen LogP contribution in [-0.4, -0.2) is 23.3 Å². The van der Waals surface area contributed by atoms with Gasteiger partial charge in [-0.1, -0.05) is 188 Å². The third-order valence-corrected chi connectivity index (χ3v) is 10.6. The Morgan fingerprint density at radius 1 is 0.345 bits per heavy atom. The number of anilines is 1. The average molecular weight is 750 g/mol. The van der Waals surface area contributed by atoms with Gasteiger partial charge in [-0.05, 0) is 45.5 Å². The highest BCUT2D eigenvalue weighted by Crippen LogP contribution is 2.35. The summed E-state index contributed by atoms with van der Waals surface area (Å²) in [5.74, 6) is 3.24. The molecule has 7 nitrogen and oxygen atoms in total. The van der Waals surface area contributed by atoms with Gasteiger partial charge in [0.15, 0.2) is 12.3 Å². The molecule has 0 amide bonds. The van der Waals surface area contributed by atoms with Crippen LogP contribution in [0.15, 0.2) is 214 Å². The van der Waals surface area contributed by atoms with Gasteiger partial charge in [0.25, 0.3) is 0 Å². The first-order valence-corrected chi connectivity index (χ1v) is 19.6. The number of rotatable bonds is 8. The Labute approximate surface area is 338 Å². The number of aliphatic imine (C=N–C) groups is 4. The molecule has 0 aromatic heterocycles. The second kappa shape index (κ2) is 15.5. The lowest BCUT2D eigenvalue weighted by atomic mass is 9.95. The number of nitrogens with one attached hydrogen (secondary N) is 3. The average Bonchev–Trinajstić information content (AvgIpc) is 3.32. The molecule has 3 aliphatic heterocycles. The van der Waals surface area contributed by atoms with E-state index in [4.69, 9.17) is 20.0 Å². The Morgan fingerprint density at radius 2 is 0.741 bits per heavy atom. The molecule has 58 heavy (non-hydrogen) atoms. The van der Waals surface area contributed by atoms with E-state index in [1.165, 1.54) is 5.56 Å². The van der Waals surface area contributed by atoms with Gasteiger partial charge in [0.05, 0.1) is 6.04 Å². The molecule has 2 atom stereocenters. The molecular weight excluding hydrogens is 711 g/mol. The van der Waals surface area contributed by atoms with Crippen LogP contribution < -0.4 is 16.0 Å². The van der Waals surface area contributed by atoms with E-state index < -0.39 is 0 Å². The van der Waals surface area contributed by atoms with Gasteiger partial charge < -0.3 is 16.0 Å². The van der Waals surface area contributed by atoms with Gasteiger partial charge in [-0.2, -0.15) is 0 Å². The molecule has 278 valence electrons. The molecule has 0 bridgehead atoms. The number of amidine groups is 4. The predicted molar refractivity (Wildman–Crippen MR) is 237 cm³/mol. The van der Waals surface area contributed by atoms with E-state index in [1.807, 2.05) is 72.8 Å². The van der Waals surface area contributed by atoms with Crippen molar-refractivity contribution >= 4 is 35.1 Å².